The van der Waals surface area contributed by atoms with Crippen LogP contribution in [0.3, 0.4) is 0 Å². The van der Waals surface area contributed by atoms with Gasteiger partial charge in [0.05, 0.1) is 11.0 Å². The fraction of sp³-hybridized carbons (Fsp3) is 0.333. The molecular formula is C15H19N3O. The van der Waals surface area contributed by atoms with Crippen LogP contribution in [0.1, 0.15) is 19.7 Å². The third kappa shape index (κ3) is 3.22. The lowest BCUT2D eigenvalue weighted by Gasteiger charge is -2.07. The summed E-state index contributed by atoms with van der Waals surface area (Å²) in [5, 5.41) is 2.88. The zero-order chi connectivity index (χ0) is 13.8. The van der Waals surface area contributed by atoms with Crippen LogP contribution in [0, 0.1) is 6.92 Å². The number of allylic oxidation sites excluding steroid dienone is 1. The Balaban J connectivity index is 2.04. The first-order valence-corrected chi connectivity index (χ1v) is 6.42. The van der Waals surface area contributed by atoms with E-state index in [9.17, 15) is 4.79 Å². The van der Waals surface area contributed by atoms with Crippen molar-refractivity contribution in [2.45, 2.75) is 27.3 Å². The lowest BCUT2D eigenvalue weighted by atomic mass is 10.3. The molecule has 0 saturated heterocycles. The number of aromatic nitrogens is 2. The first kappa shape index (κ1) is 13.3. The summed E-state index contributed by atoms with van der Waals surface area (Å²) in [5.41, 5.74) is 3.11. The van der Waals surface area contributed by atoms with E-state index in [-0.39, 0.29) is 5.91 Å². The number of aryl methyl sites for hydroxylation is 1. The van der Waals surface area contributed by atoms with E-state index in [4.69, 9.17) is 0 Å². The lowest BCUT2D eigenvalue weighted by Crippen LogP contribution is -2.25. The second kappa shape index (κ2) is 5.69. The standard InChI is InChI=1S/C15H19N3O/c1-11(2)10-15(19)16-8-9-18-12(3)17-13-6-4-5-7-14(13)18/h4-7,10H,8-9H2,1-3H3,(H,16,19). The summed E-state index contributed by atoms with van der Waals surface area (Å²) >= 11 is 0. The number of hydrogen-bond donors (Lipinski definition) is 1. The molecular weight excluding hydrogens is 238 g/mol. The lowest BCUT2D eigenvalue weighted by molar-refractivity contribution is -0.116. The molecule has 2 aromatic rings. The molecule has 0 spiro atoms. The fourth-order valence-electron chi connectivity index (χ4n) is 2.08. The van der Waals surface area contributed by atoms with Crippen molar-refractivity contribution >= 4 is 16.9 Å². The average Bonchev–Trinajstić information content (AvgIpc) is 2.65. The molecule has 100 valence electrons. The van der Waals surface area contributed by atoms with Gasteiger partial charge in [-0.2, -0.15) is 0 Å². The van der Waals surface area contributed by atoms with Gasteiger partial charge >= 0.3 is 0 Å². The molecule has 1 amide bonds. The predicted octanol–water partition coefficient (Wildman–Crippen LogP) is 2.43. The molecule has 19 heavy (non-hydrogen) atoms. The molecule has 0 atom stereocenters. The van der Waals surface area contributed by atoms with Crippen LogP contribution in [0.5, 0.6) is 0 Å². The largest absolute Gasteiger partial charge is 0.351 e. The highest BCUT2D eigenvalue weighted by atomic mass is 16.1. The van der Waals surface area contributed by atoms with E-state index < -0.39 is 0 Å². The number of fused-ring (bicyclic) bond motifs is 1. The van der Waals surface area contributed by atoms with Crippen molar-refractivity contribution in [3.8, 4) is 0 Å². The van der Waals surface area contributed by atoms with E-state index >= 15 is 0 Å². The van der Waals surface area contributed by atoms with Crippen LogP contribution in [0.4, 0.5) is 0 Å². The van der Waals surface area contributed by atoms with Gasteiger partial charge in [-0.1, -0.05) is 17.7 Å². The fourth-order valence-corrected chi connectivity index (χ4v) is 2.08. The highest BCUT2D eigenvalue weighted by Gasteiger charge is 2.06. The van der Waals surface area contributed by atoms with Crippen molar-refractivity contribution in [2.75, 3.05) is 6.54 Å². The number of carbonyl (C=O) groups is 1. The van der Waals surface area contributed by atoms with Crippen LogP contribution < -0.4 is 5.32 Å². The third-order valence-electron chi connectivity index (χ3n) is 2.90. The summed E-state index contributed by atoms with van der Waals surface area (Å²) in [6.07, 6.45) is 1.61. The van der Waals surface area contributed by atoms with Crippen LogP contribution in [-0.4, -0.2) is 22.0 Å². The van der Waals surface area contributed by atoms with Crippen LogP contribution in [0.15, 0.2) is 35.9 Å². The second-order valence-corrected chi connectivity index (χ2v) is 4.81. The third-order valence-corrected chi connectivity index (χ3v) is 2.90. The van der Waals surface area contributed by atoms with Gasteiger partial charge in [0.2, 0.25) is 5.91 Å². The molecule has 0 aliphatic heterocycles. The number of imidazole rings is 1. The van der Waals surface area contributed by atoms with Gasteiger partial charge in [-0.25, -0.2) is 4.98 Å². The van der Waals surface area contributed by atoms with Crippen molar-refractivity contribution in [3.63, 3.8) is 0 Å². The molecule has 0 unspecified atom stereocenters. The molecule has 0 bridgehead atoms. The maximum absolute atomic E-state index is 11.5. The first-order chi connectivity index (χ1) is 9.08. The summed E-state index contributed by atoms with van der Waals surface area (Å²) < 4.78 is 2.12. The predicted molar refractivity (Wildman–Crippen MR) is 76.9 cm³/mol. The average molecular weight is 257 g/mol. The van der Waals surface area contributed by atoms with Crippen molar-refractivity contribution in [1.82, 2.24) is 14.9 Å². The Hall–Kier alpha value is -2.10. The Bertz CT molecular complexity index is 621. The Kier molecular flexibility index (Phi) is 4.00. The number of amides is 1. The zero-order valence-corrected chi connectivity index (χ0v) is 11.6. The number of hydrogen-bond acceptors (Lipinski definition) is 2. The van der Waals surface area contributed by atoms with Crippen molar-refractivity contribution in [3.05, 3.63) is 41.7 Å². The van der Waals surface area contributed by atoms with Gasteiger partial charge in [0, 0.05) is 19.2 Å². The van der Waals surface area contributed by atoms with Crippen LogP contribution in [0.2, 0.25) is 0 Å². The van der Waals surface area contributed by atoms with Crippen molar-refractivity contribution in [2.24, 2.45) is 0 Å². The van der Waals surface area contributed by atoms with Crippen LogP contribution >= 0.6 is 0 Å². The molecule has 0 aliphatic carbocycles. The summed E-state index contributed by atoms with van der Waals surface area (Å²) in [6, 6.07) is 8.03. The zero-order valence-electron chi connectivity index (χ0n) is 11.6. The number of benzene rings is 1. The van der Waals surface area contributed by atoms with Gasteiger partial charge in [-0.05, 0) is 32.9 Å². The molecule has 4 heteroatoms. The van der Waals surface area contributed by atoms with Crippen LogP contribution in [0.25, 0.3) is 11.0 Å². The number of carbonyl (C=O) groups excluding carboxylic acids is 1. The molecule has 1 aromatic carbocycles. The Morgan fingerprint density at radius 3 is 2.84 bits per heavy atom. The van der Waals surface area contributed by atoms with Gasteiger partial charge in [-0.3, -0.25) is 4.79 Å². The van der Waals surface area contributed by atoms with Crippen molar-refractivity contribution < 1.29 is 4.79 Å². The monoisotopic (exact) mass is 257 g/mol. The molecule has 1 heterocycles. The number of para-hydroxylation sites is 2. The number of nitrogens with zero attached hydrogens (tertiary/aromatic N) is 2. The van der Waals surface area contributed by atoms with Gasteiger partial charge in [0.1, 0.15) is 5.82 Å². The van der Waals surface area contributed by atoms with E-state index in [1.807, 2.05) is 45.0 Å². The van der Waals surface area contributed by atoms with Crippen LogP contribution in [-0.2, 0) is 11.3 Å². The highest BCUT2D eigenvalue weighted by Crippen LogP contribution is 2.14. The van der Waals surface area contributed by atoms with E-state index in [1.54, 1.807) is 6.08 Å². The summed E-state index contributed by atoms with van der Waals surface area (Å²) in [7, 11) is 0. The maximum atomic E-state index is 11.5. The Morgan fingerprint density at radius 2 is 2.11 bits per heavy atom. The summed E-state index contributed by atoms with van der Waals surface area (Å²) in [6.45, 7) is 7.14. The van der Waals surface area contributed by atoms with E-state index in [2.05, 4.69) is 14.9 Å². The normalized spacial score (nSPS) is 10.5. The van der Waals surface area contributed by atoms with E-state index in [0.717, 1.165) is 29.0 Å². The molecule has 1 N–H and O–H groups in total. The van der Waals surface area contributed by atoms with E-state index in [0.29, 0.717) is 6.54 Å². The topological polar surface area (TPSA) is 46.9 Å². The molecule has 0 fully saturated rings. The van der Waals surface area contributed by atoms with Gasteiger partial charge in [-0.15, -0.1) is 0 Å². The van der Waals surface area contributed by atoms with E-state index in [1.165, 1.54) is 0 Å². The van der Waals surface area contributed by atoms with Gasteiger partial charge in [0.15, 0.2) is 0 Å². The molecule has 0 aliphatic rings. The van der Waals surface area contributed by atoms with Crippen molar-refractivity contribution in [1.29, 1.82) is 0 Å². The summed E-state index contributed by atoms with van der Waals surface area (Å²) in [4.78, 5) is 16.0. The molecule has 1 aromatic heterocycles. The minimum atomic E-state index is -0.0397. The highest BCUT2D eigenvalue weighted by molar-refractivity contribution is 5.88. The Morgan fingerprint density at radius 1 is 1.37 bits per heavy atom. The summed E-state index contributed by atoms with van der Waals surface area (Å²) in [5.74, 6) is 0.930. The smallest absolute Gasteiger partial charge is 0.243 e. The number of rotatable bonds is 4. The minimum Gasteiger partial charge on any atom is -0.351 e. The second-order valence-electron chi connectivity index (χ2n) is 4.81. The minimum absolute atomic E-state index is 0.0397. The van der Waals surface area contributed by atoms with Gasteiger partial charge < -0.3 is 9.88 Å². The van der Waals surface area contributed by atoms with Gasteiger partial charge in [0.25, 0.3) is 0 Å². The molecule has 4 nitrogen and oxygen atoms in total. The molecule has 2 rings (SSSR count). The quantitative estimate of drug-likeness (QED) is 0.855. The molecule has 0 saturated carbocycles. The number of nitrogens with one attached hydrogen (secondary N) is 1. The first-order valence-electron chi connectivity index (χ1n) is 6.42. The molecule has 0 radical (unpaired) electrons. The Labute approximate surface area is 113 Å². The maximum Gasteiger partial charge on any atom is 0.243 e. The SMILES string of the molecule is CC(C)=CC(=O)NCCn1c(C)nc2ccccc21.